The topological polar surface area (TPSA) is 114 Å². The summed E-state index contributed by atoms with van der Waals surface area (Å²) in [6.07, 6.45) is 4.20. The van der Waals surface area contributed by atoms with Crippen LogP contribution in [0, 0.1) is 13.8 Å². The molecule has 4 rings (SSSR count). The molecule has 0 saturated carbocycles. The number of hydrogen-bond donors (Lipinski definition) is 1. The maximum Gasteiger partial charge on any atom is 0.263 e. The summed E-state index contributed by atoms with van der Waals surface area (Å²) in [6.45, 7) is 4.06. The van der Waals surface area contributed by atoms with E-state index in [9.17, 15) is 13.2 Å². The molecule has 27 heavy (non-hydrogen) atoms. The molecule has 1 saturated heterocycles. The lowest BCUT2D eigenvalue weighted by Gasteiger charge is -2.32. The number of fused-ring (bicyclic) bond motifs is 1. The van der Waals surface area contributed by atoms with Gasteiger partial charge in [0.25, 0.3) is 5.56 Å². The highest BCUT2D eigenvalue weighted by molar-refractivity contribution is 7.89. The summed E-state index contributed by atoms with van der Waals surface area (Å²) in [5, 5.41) is 7.19. The Labute approximate surface area is 156 Å². The van der Waals surface area contributed by atoms with Crippen LogP contribution in [0.5, 0.6) is 0 Å². The van der Waals surface area contributed by atoms with Gasteiger partial charge < -0.3 is 0 Å². The molecule has 0 unspecified atom stereocenters. The zero-order chi connectivity index (χ0) is 19.2. The molecule has 1 aliphatic rings. The van der Waals surface area contributed by atoms with Crippen molar-refractivity contribution in [2.24, 2.45) is 0 Å². The first-order chi connectivity index (χ1) is 12.9. The van der Waals surface area contributed by atoms with Crippen molar-refractivity contribution in [3.05, 3.63) is 46.4 Å². The van der Waals surface area contributed by atoms with Gasteiger partial charge in [0.2, 0.25) is 10.0 Å². The number of H-pyrrole nitrogens is 1. The third kappa shape index (κ3) is 2.94. The van der Waals surface area contributed by atoms with Crippen molar-refractivity contribution < 1.29 is 8.42 Å². The highest BCUT2D eigenvalue weighted by atomic mass is 32.2. The van der Waals surface area contributed by atoms with E-state index in [2.05, 4.69) is 20.2 Å². The van der Waals surface area contributed by atoms with Crippen LogP contribution < -0.4 is 5.56 Å². The lowest BCUT2D eigenvalue weighted by atomic mass is 10.1. The fraction of sp³-hybridized carbons (Fsp3) is 0.412. The Hall–Kier alpha value is -2.59. The second-order valence-electron chi connectivity index (χ2n) is 6.73. The SMILES string of the molecule is Cc1n[nH]c(C)c1S(=O)(=O)N1CCC(n2cnc3ncccc3c2=O)CC1. The van der Waals surface area contributed by atoms with Crippen molar-refractivity contribution >= 4 is 21.1 Å². The number of rotatable bonds is 3. The van der Waals surface area contributed by atoms with E-state index in [1.54, 1.807) is 36.7 Å². The zero-order valence-electron chi connectivity index (χ0n) is 15.1. The van der Waals surface area contributed by atoms with Gasteiger partial charge in [0.15, 0.2) is 5.65 Å². The Morgan fingerprint density at radius 1 is 1.19 bits per heavy atom. The number of hydrogen-bond acceptors (Lipinski definition) is 6. The zero-order valence-corrected chi connectivity index (χ0v) is 15.9. The monoisotopic (exact) mass is 388 g/mol. The Morgan fingerprint density at radius 3 is 2.59 bits per heavy atom. The van der Waals surface area contributed by atoms with Gasteiger partial charge in [0.05, 0.1) is 16.8 Å². The van der Waals surface area contributed by atoms with Crippen LogP contribution in [0.2, 0.25) is 0 Å². The standard InChI is InChI=1S/C17H20N6O3S/c1-11-15(12(2)21-20-11)27(25,26)22-8-5-13(6-9-22)23-10-19-16-14(17(23)24)4-3-7-18-16/h3-4,7,10,13H,5-6,8-9H2,1-2H3,(H,20,21). The van der Waals surface area contributed by atoms with Gasteiger partial charge >= 0.3 is 0 Å². The van der Waals surface area contributed by atoms with Crippen LogP contribution in [0.25, 0.3) is 11.0 Å². The second-order valence-corrected chi connectivity index (χ2v) is 8.60. The number of nitrogens with one attached hydrogen (secondary N) is 1. The molecule has 9 nitrogen and oxygen atoms in total. The number of nitrogens with zero attached hydrogens (tertiary/aromatic N) is 5. The van der Waals surface area contributed by atoms with Crippen LogP contribution in [-0.2, 0) is 10.0 Å². The molecule has 0 aliphatic carbocycles. The minimum atomic E-state index is -3.60. The first kappa shape index (κ1) is 17.8. The Kier molecular flexibility index (Phi) is 4.31. The van der Waals surface area contributed by atoms with Crippen molar-refractivity contribution in [3.8, 4) is 0 Å². The maximum absolute atomic E-state index is 13.0. The molecule has 10 heteroatoms. The van der Waals surface area contributed by atoms with E-state index in [-0.39, 0.29) is 16.5 Å². The highest BCUT2D eigenvalue weighted by Gasteiger charge is 2.33. The van der Waals surface area contributed by atoms with Gasteiger partial charge in [-0.25, -0.2) is 18.4 Å². The lowest BCUT2D eigenvalue weighted by molar-refractivity contribution is 0.269. The van der Waals surface area contributed by atoms with Crippen molar-refractivity contribution in [1.29, 1.82) is 0 Å². The minimum Gasteiger partial charge on any atom is -0.295 e. The molecule has 4 heterocycles. The van der Waals surface area contributed by atoms with Gasteiger partial charge in [0.1, 0.15) is 11.2 Å². The van der Waals surface area contributed by atoms with Gasteiger partial charge in [-0.2, -0.15) is 9.40 Å². The quantitative estimate of drug-likeness (QED) is 0.720. The Bertz CT molecular complexity index is 1140. The molecule has 0 spiro atoms. The van der Waals surface area contributed by atoms with Gasteiger partial charge in [-0.1, -0.05) is 0 Å². The molecule has 1 N–H and O–H groups in total. The molecular formula is C17H20N6O3S. The largest absolute Gasteiger partial charge is 0.295 e. The number of pyridine rings is 1. The average molecular weight is 388 g/mol. The molecule has 1 aliphatic heterocycles. The molecule has 1 fully saturated rings. The van der Waals surface area contributed by atoms with Gasteiger partial charge in [-0.05, 0) is 38.8 Å². The predicted molar refractivity (Wildman–Crippen MR) is 98.9 cm³/mol. The van der Waals surface area contributed by atoms with Crippen molar-refractivity contribution in [2.45, 2.75) is 37.6 Å². The highest BCUT2D eigenvalue weighted by Crippen LogP contribution is 2.28. The van der Waals surface area contributed by atoms with Crippen LogP contribution >= 0.6 is 0 Å². The molecule has 0 radical (unpaired) electrons. The number of piperidine rings is 1. The minimum absolute atomic E-state index is 0.0902. The van der Waals surface area contributed by atoms with Crippen LogP contribution in [0.3, 0.4) is 0 Å². The predicted octanol–water partition coefficient (Wildman–Crippen LogP) is 1.16. The molecule has 0 amide bonds. The number of aromatic amines is 1. The first-order valence-electron chi connectivity index (χ1n) is 8.73. The van der Waals surface area contributed by atoms with Crippen molar-refractivity contribution in [2.75, 3.05) is 13.1 Å². The number of sulfonamides is 1. The van der Waals surface area contributed by atoms with E-state index >= 15 is 0 Å². The van der Waals surface area contributed by atoms with Gasteiger partial charge in [0, 0.05) is 25.3 Å². The van der Waals surface area contributed by atoms with Gasteiger partial charge in [-0.15, -0.1) is 0 Å². The summed E-state index contributed by atoms with van der Waals surface area (Å²) in [5.41, 5.74) is 1.29. The Balaban J connectivity index is 1.58. The van der Waals surface area contributed by atoms with E-state index in [1.165, 1.54) is 10.6 Å². The van der Waals surface area contributed by atoms with Crippen molar-refractivity contribution in [3.63, 3.8) is 0 Å². The van der Waals surface area contributed by atoms with E-state index in [4.69, 9.17) is 0 Å². The van der Waals surface area contributed by atoms with Crippen LogP contribution in [0.4, 0.5) is 0 Å². The fourth-order valence-corrected chi connectivity index (χ4v) is 5.45. The number of aryl methyl sites for hydroxylation is 2. The van der Waals surface area contributed by atoms with E-state index in [0.717, 1.165) is 0 Å². The smallest absolute Gasteiger partial charge is 0.263 e. The normalized spacial score (nSPS) is 16.8. The molecule has 3 aromatic rings. The number of aromatic nitrogens is 5. The van der Waals surface area contributed by atoms with E-state index < -0.39 is 10.0 Å². The fourth-order valence-electron chi connectivity index (χ4n) is 3.65. The van der Waals surface area contributed by atoms with Crippen LogP contribution in [0.15, 0.2) is 34.3 Å². The van der Waals surface area contributed by atoms with Crippen molar-refractivity contribution in [1.82, 2.24) is 29.0 Å². The summed E-state index contributed by atoms with van der Waals surface area (Å²) in [6, 6.07) is 3.33. The molecule has 0 bridgehead atoms. The second kappa shape index (κ2) is 6.54. The molecule has 0 aromatic carbocycles. The summed E-state index contributed by atoms with van der Waals surface area (Å²) in [4.78, 5) is 21.3. The molecule has 0 atom stereocenters. The average Bonchev–Trinajstić information content (AvgIpc) is 3.01. The Morgan fingerprint density at radius 2 is 1.93 bits per heavy atom. The molecular weight excluding hydrogens is 368 g/mol. The van der Waals surface area contributed by atoms with E-state index in [0.29, 0.717) is 48.4 Å². The first-order valence-corrected chi connectivity index (χ1v) is 10.2. The summed E-state index contributed by atoms with van der Waals surface area (Å²) < 4.78 is 29.0. The van der Waals surface area contributed by atoms with Gasteiger partial charge in [-0.3, -0.25) is 14.5 Å². The summed E-state index contributed by atoms with van der Waals surface area (Å²) in [7, 11) is -3.60. The van der Waals surface area contributed by atoms with Crippen LogP contribution in [0.1, 0.15) is 30.3 Å². The third-order valence-electron chi connectivity index (χ3n) is 5.03. The lowest BCUT2D eigenvalue weighted by Crippen LogP contribution is -2.41. The maximum atomic E-state index is 13.0. The van der Waals surface area contributed by atoms with Crippen LogP contribution in [-0.4, -0.2) is 50.5 Å². The molecule has 142 valence electrons. The summed E-state index contributed by atoms with van der Waals surface area (Å²) >= 11 is 0. The third-order valence-corrected chi connectivity index (χ3v) is 7.19. The summed E-state index contributed by atoms with van der Waals surface area (Å²) in [5.74, 6) is 0. The molecule has 3 aromatic heterocycles. The van der Waals surface area contributed by atoms with E-state index in [1.807, 2.05) is 0 Å².